The van der Waals surface area contributed by atoms with Gasteiger partial charge in [-0.05, 0) is 67.8 Å². The third-order valence-electron chi connectivity index (χ3n) is 5.48. The first-order valence-electron chi connectivity index (χ1n) is 11.0. The van der Waals surface area contributed by atoms with Crippen LogP contribution in [0.15, 0.2) is 54.6 Å². The summed E-state index contributed by atoms with van der Waals surface area (Å²) < 4.78 is 10.7. The number of nitrogens with zero attached hydrogens (tertiary/aromatic N) is 3. The van der Waals surface area contributed by atoms with E-state index in [0.29, 0.717) is 11.4 Å². The Labute approximate surface area is 192 Å². The van der Waals surface area contributed by atoms with Crippen LogP contribution in [-0.2, 0) is 4.79 Å². The number of benzene rings is 2. The van der Waals surface area contributed by atoms with E-state index < -0.39 is 0 Å². The molecule has 0 aliphatic carbocycles. The second kappa shape index (κ2) is 9.20. The van der Waals surface area contributed by atoms with Crippen LogP contribution in [0.5, 0.6) is 11.5 Å². The van der Waals surface area contributed by atoms with E-state index in [0.717, 1.165) is 47.5 Å². The van der Waals surface area contributed by atoms with E-state index in [4.69, 9.17) is 9.47 Å². The molecule has 8 nitrogen and oxygen atoms in total. The van der Waals surface area contributed by atoms with Crippen LogP contribution in [0.1, 0.15) is 24.1 Å². The van der Waals surface area contributed by atoms with Crippen LogP contribution in [0, 0.1) is 6.92 Å². The number of amides is 1. The van der Waals surface area contributed by atoms with Crippen LogP contribution in [0.4, 0.5) is 23.1 Å². The average molecular weight is 444 g/mol. The zero-order valence-electron chi connectivity index (χ0n) is 18.4. The zero-order valence-corrected chi connectivity index (χ0v) is 18.4. The van der Waals surface area contributed by atoms with Crippen molar-refractivity contribution in [3.63, 3.8) is 0 Å². The lowest BCUT2D eigenvalue weighted by molar-refractivity contribution is -0.111. The Morgan fingerprint density at radius 2 is 1.73 bits per heavy atom. The Morgan fingerprint density at radius 1 is 0.970 bits per heavy atom. The molecule has 0 saturated carbocycles. The Bertz CT molecular complexity index is 1190. The Hall–Kier alpha value is -4.07. The predicted octanol–water partition coefficient (Wildman–Crippen LogP) is 4.51. The molecule has 5 rings (SSSR count). The summed E-state index contributed by atoms with van der Waals surface area (Å²) in [6.45, 7) is 4.20. The number of carbonyl (C=O) groups excluding carboxylic acids is 1. The normalized spacial score (nSPS) is 14.6. The fourth-order valence-electron chi connectivity index (χ4n) is 3.83. The summed E-state index contributed by atoms with van der Waals surface area (Å²) in [4.78, 5) is 23.8. The highest BCUT2D eigenvalue weighted by molar-refractivity contribution is 6.02. The topological polar surface area (TPSA) is 88.6 Å². The maximum atomic E-state index is 12.3. The molecule has 8 heteroatoms. The summed E-state index contributed by atoms with van der Waals surface area (Å²) in [6.07, 6.45) is 5.59. The van der Waals surface area contributed by atoms with E-state index in [1.807, 2.05) is 55.5 Å². The molecule has 0 bridgehead atoms. The summed E-state index contributed by atoms with van der Waals surface area (Å²) in [5, 5.41) is 6.20. The second-order valence-corrected chi connectivity index (χ2v) is 8.03. The molecule has 2 aromatic carbocycles. The van der Waals surface area contributed by atoms with Gasteiger partial charge in [-0.2, -0.15) is 4.98 Å². The SMILES string of the molecule is Cc1cc(Nc2ccc(NC(=O)/C=C/c3ccc4c(c3)OCO4)cc2)nc(N2CCCC2)n1. The van der Waals surface area contributed by atoms with E-state index >= 15 is 0 Å². The maximum absolute atomic E-state index is 12.3. The quantitative estimate of drug-likeness (QED) is 0.542. The predicted molar refractivity (Wildman–Crippen MR) is 128 cm³/mol. The molecule has 2 aliphatic heterocycles. The Morgan fingerprint density at radius 3 is 2.55 bits per heavy atom. The van der Waals surface area contributed by atoms with Crippen LogP contribution in [0.3, 0.4) is 0 Å². The number of hydrogen-bond acceptors (Lipinski definition) is 7. The third kappa shape index (κ3) is 5.06. The molecule has 0 radical (unpaired) electrons. The standard InChI is InChI=1S/C25H25N5O3/c1-17-14-23(29-25(26-17)30-12-2-3-13-30)27-19-6-8-20(9-7-19)28-24(31)11-5-18-4-10-21-22(15-18)33-16-32-21/h4-11,14-15H,2-3,12-13,16H2,1H3,(H,28,31)(H,26,27,29)/b11-5+. The highest BCUT2D eigenvalue weighted by atomic mass is 16.7. The van der Waals surface area contributed by atoms with Gasteiger partial charge >= 0.3 is 0 Å². The molecular formula is C25H25N5O3. The Kier molecular flexibility index (Phi) is 5.80. The van der Waals surface area contributed by atoms with Crippen LogP contribution in [-0.4, -0.2) is 35.8 Å². The number of rotatable bonds is 6. The number of hydrogen-bond donors (Lipinski definition) is 2. The van der Waals surface area contributed by atoms with Crippen molar-refractivity contribution >= 4 is 35.1 Å². The van der Waals surface area contributed by atoms with Gasteiger partial charge in [-0.3, -0.25) is 4.79 Å². The minimum Gasteiger partial charge on any atom is -0.454 e. The minimum atomic E-state index is -0.213. The van der Waals surface area contributed by atoms with Crippen LogP contribution in [0.25, 0.3) is 6.08 Å². The maximum Gasteiger partial charge on any atom is 0.248 e. The average Bonchev–Trinajstić information content (AvgIpc) is 3.50. The molecular weight excluding hydrogens is 418 g/mol. The molecule has 2 aliphatic rings. The van der Waals surface area contributed by atoms with Gasteiger partial charge < -0.3 is 25.0 Å². The Balaban J connectivity index is 1.19. The molecule has 33 heavy (non-hydrogen) atoms. The molecule has 3 heterocycles. The minimum absolute atomic E-state index is 0.213. The number of ether oxygens (including phenoxy) is 2. The van der Waals surface area contributed by atoms with Crippen molar-refractivity contribution < 1.29 is 14.3 Å². The van der Waals surface area contributed by atoms with Crippen molar-refractivity contribution in [2.24, 2.45) is 0 Å². The lowest BCUT2D eigenvalue weighted by Crippen LogP contribution is -2.21. The number of fused-ring (bicyclic) bond motifs is 1. The van der Waals surface area contributed by atoms with Crippen LogP contribution >= 0.6 is 0 Å². The monoisotopic (exact) mass is 443 g/mol. The number of nitrogens with one attached hydrogen (secondary N) is 2. The van der Waals surface area contributed by atoms with Crippen molar-refractivity contribution in [3.05, 3.63) is 65.9 Å². The smallest absolute Gasteiger partial charge is 0.248 e. The van der Waals surface area contributed by atoms with Gasteiger partial charge in [0.15, 0.2) is 11.5 Å². The summed E-state index contributed by atoms with van der Waals surface area (Å²) in [6, 6.07) is 15.0. The summed E-state index contributed by atoms with van der Waals surface area (Å²) in [5.41, 5.74) is 3.38. The number of aryl methyl sites for hydroxylation is 1. The molecule has 1 amide bonds. The lowest BCUT2D eigenvalue weighted by Gasteiger charge is -2.17. The fourth-order valence-corrected chi connectivity index (χ4v) is 3.83. The lowest BCUT2D eigenvalue weighted by atomic mass is 10.2. The van der Waals surface area contributed by atoms with Gasteiger partial charge in [0.2, 0.25) is 18.6 Å². The molecule has 0 unspecified atom stereocenters. The first-order valence-corrected chi connectivity index (χ1v) is 11.0. The van der Waals surface area contributed by atoms with Crippen molar-refractivity contribution in [3.8, 4) is 11.5 Å². The van der Waals surface area contributed by atoms with E-state index in [-0.39, 0.29) is 12.7 Å². The molecule has 0 atom stereocenters. The zero-order chi connectivity index (χ0) is 22.6. The summed E-state index contributed by atoms with van der Waals surface area (Å²) in [7, 11) is 0. The van der Waals surface area contributed by atoms with Gasteiger partial charge in [0.1, 0.15) is 5.82 Å². The molecule has 1 aromatic heterocycles. The van der Waals surface area contributed by atoms with E-state index in [1.54, 1.807) is 6.08 Å². The largest absolute Gasteiger partial charge is 0.454 e. The van der Waals surface area contributed by atoms with Gasteiger partial charge in [-0.15, -0.1) is 0 Å². The van der Waals surface area contributed by atoms with Crippen LogP contribution in [0.2, 0.25) is 0 Å². The molecule has 1 fully saturated rings. The summed E-state index contributed by atoms with van der Waals surface area (Å²) >= 11 is 0. The van der Waals surface area contributed by atoms with E-state index in [1.165, 1.54) is 18.9 Å². The summed E-state index contributed by atoms with van der Waals surface area (Å²) in [5.74, 6) is 2.72. The highest BCUT2D eigenvalue weighted by Crippen LogP contribution is 2.32. The van der Waals surface area contributed by atoms with Crippen molar-refractivity contribution in [2.45, 2.75) is 19.8 Å². The first-order chi connectivity index (χ1) is 16.1. The van der Waals surface area contributed by atoms with Gasteiger partial charge in [0, 0.05) is 42.3 Å². The highest BCUT2D eigenvalue weighted by Gasteiger charge is 2.16. The molecule has 1 saturated heterocycles. The number of anilines is 4. The fraction of sp³-hybridized carbons (Fsp3) is 0.240. The van der Waals surface area contributed by atoms with E-state index in [9.17, 15) is 4.79 Å². The van der Waals surface area contributed by atoms with Gasteiger partial charge in [-0.25, -0.2) is 4.98 Å². The first kappa shape index (κ1) is 20.8. The van der Waals surface area contributed by atoms with Gasteiger partial charge in [0.05, 0.1) is 0 Å². The third-order valence-corrected chi connectivity index (χ3v) is 5.48. The van der Waals surface area contributed by atoms with Crippen molar-refractivity contribution in [1.29, 1.82) is 0 Å². The molecule has 168 valence electrons. The van der Waals surface area contributed by atoms with Gasteiger partial charge in [-0.1, -0.05) is 6.07 Å². The van der Waals surface area contributed by atoms with E-state index in [2.05, 4.69) is 25.5 Å². The van der Waals surface area contributed by atoms with Crippen molar-refractivity contribution in [2.75, 3.05) is 35.4 Å². The second-order valence-electron chi connectivity index (χ2n) is 8.03. The number of aromatic nitrogens is 2. The molecule has 0 spiro atoms. The molecule has 2 N–H and O–H groups in total. The number of carbonyl (C=O) groups is 1. The van der Waals surface area contributed by atoms with Gasteiger partial charge in [0.25, 0.3) is 0 Å². The van der Waals surface area contributed by atoms with Crippen LogP contribution < -0.4 is 25.0 Å². The molecule has 3 aromatic rings. The van der Waals surface area contributed by atoms with Crippen molar-refractivity contribution in [1.82, 2.24) is 9.97 Å².